The van der Waals surface area contributed by atoms with E-state index in [4.69, 9.17) is 14.9 Å². The van der Waals surface area contributed by atoms with Gasteiger partial charge in [0.25, 0.3) is 5.91 Å². The zero-order chi connectivity index (χ0) is 25.5. The highest BCUT2D eigenvalue weighted by molar-refractivity contribution is 7.98. The van der Waals surface area contributed by atoms with Crippen LogP contribution < -0.4 is 4.74 Å². The van der Waals surface area contributed by atoms with E-state index in [1.54, 1.807) is 42.7 Å². The molecule has 0 atom stereocenters. The van der Waals surface area contributed by atoms with Crippen LogP contribution in [-0.2, 0) is 16.2 Å². The van der Waals surface area contributed by atoms with Gasteiger partial charge >= 0.3 is 11.9 Å². The number of aliphatic carboxylic acids is 2. The minimum Gasteiger partial charge on any atom is -0.489 e. The summed E-state index contributed by atoms with van der Waals surface area (Å²) in [6.45, 7) is -1.40. The van der Waals surface area contributed by atoms with E-state index in [-0.39, 0.29) is 12.2 Å². The first-order valence-electron chi connectivity index (χ1n) is 10.3. The molecule has 0 bridgehead atoms. The molecule has 3 rings (SSSR count). The summed E-state index contributed by atoms with van der Waals surface area (Å²) in [4.78, 5) is 35.9. The molecule has 0 aliphatic rings. The molecule has 0 aromatic heterocycles. The fourth-order valence-electron chi connectivity index (χ4n) is 3.32. The highest BCUT2D eigenvalue weighted by atomic mass is 32.2. The topological polar surface area (TPSA) is 104 Å². The van der Waals surface area contributed by atoms with Crippen molar-refractivity contribution in [3.05, 3.63) is 83.4 Å². The van der Waals surface area contributed by atoms with Gasteiger partial charge < -0.3 is 19.8 Å². The average Bonchev–Trinajstić information content (AvgIpc) is 2.83. The van der Waals surface area contributed by atoms with E-state index >= 15 is 0 Å². The molecule has 0 unspecified atom stereocenters. The number of nitrogens with zero attached hydrogens (tertiary/aromatic N) is 1. The number of thioether (sulfide) groups is 1. The van der Waals surface area contributed by atoms with Crippen molar-refractivity contribution in [2.45, 2.75) is 11.5 Å². The van der Waals surface area contributed by atoms with Crippen LogP contribution in [0.3, 0.4) is 0 Å². The molecule has 0 fully saturated rings. The summed E-state index contributed by atoms with van der Waals surface area (Å²) in [6.07, 6.45) is 1.77. The number of carboxylic acid groups (broad SMARTS) is 2. The summed E-state index contributed by atoms with van der Waals surface area (Å²) < 4.78 is 33.0. The SMILES string of the molecule is CSc1cc(F)c(F)cc1-c1ccc(OCc2cccc(C(=O)N(CC(=O)O)CC(=O)O)c2)cc1. The van der Waals surface area contributed by atoms with Crippen molar-refractivity contribution in [2.24, 2.45) is 0 Å². The van der Waals surface area contributed by atoms with Gasteiger partial charge in [-0.15, -0.1) is 11.8 Å². The molecular weight excluding hydrogens is 480 g/mol. The molecule has 0 radical (unpaired) electrons. The monoisotopic (exact) mass is 501 g/mol. The Balaban J connectivity index is 1.71. The van der Waals surface area contributed by atoms with Crippen molar-refractivity contribution in [3.63, 3.8) is 0 Å². The molecule has 0 aliphatic heterocycles. The Labute approximate surface area is 204 Å². The number of rotatable bonds is 10. The smallest absolute Gasteiger partial charge is 0.323 e. The van der Waals surface area contributed by atoms with Crippen LogP contribution in [0.1, 0.15) is 15.9 Å². The third-order valence-electron chi connectivity index (χ3n) is 4.93. The Kier molecular flexibility index (Phi) is 8.43. The number of hydrogen-bond donors (Lipinski definition) is 2. The van der Waals surface area contributed by atoms with E-state index in [1.165, 1.54) is 23.9 Å². The quantitative estimate of drug-likeness (QED) is 0.393. The van der Waals surface area contributed by atoms with Crippen LogP contribution >= 0.6 is 11.8 Å². The van der Waals surface area contributed by atoms with Gasteiger partial charge in [-0.05, 0) is 59.3 Å². The van der Waals surface area contributed by atoms with Gasteiger partial charge in [0, 0.05) is 10.5 Å². The average molecular weight is 502 g/mol. The zero-order valence-electron chi connectivity index (χ0n) is 18.5. The lowest BCUT2D eigenvalue weighted by Gasteiger charge is -2.18. The van der Waals surface area contributed by atoms with E-state index in [9.17, 15) is 23.2 Å². The molecule has 3 aromatic rings. The van der Waals surface area contributed by atoms with Crippen molar-refractivity contribution in [1.82, 2.24) is 4.90 Å². The van der Waals surface area contributed by atoms with Gasteiger partial charge in [0.2, 0.25) is 0 Å². The maximum absolute atomic E-state index is 13.7. The lowest BCUT2D eigenvalue weighted by atomic mass is 10.1. The minimum absolute atomic E-state index is 0.0829. The van der Waals surface area contributed by atoms with Gasteiger partial charge in [-0.25, -0.2) is 8.78 Å². The van der Waals surface area contributed by atoms with Crippen LogP contribution in [0, 0.1) is 11.6 Å². The van der Waals surface area contributed by atoms with Crippen LogP contribution in [0.25, 0.3) is 11.1 Å². The van der Waals surface area contributed by atoms with Crippen molar-refractivity contribution < 1.29 is 38.1 Å². The number of carboxylic acids is 2. The van der Waals surface area contributed by atoms with Crippen LogP contribution in [0.15, 0.2) is 65.6 Å². The van der Waals surface area contributed by atoms with E-state index in [0.717, 1.165) is 17.0 Å². The largest absolute Gasteiger partial charge is 0.489 e. The molecule has 2 N–H and O–H groups in total. The predicted octanol–water partition coefficient (Wildman–Crippen LogP) is 4.54. The van der Waals surface area contributed by atoms with E-state index in [2.05, 4.69) is 0 Å². The van der Waals surface area contributed by atoms with Gasteiger partial charge in [-0.1, -0.05) is 24.3 Å². The summed E-state index contributed by atoms with van der Waals surface area (Å²) in [5, 5.41) is 17.9. The number of carbonyl (C=O) groups is 3. The summed E-state index contributed by atoms with van der Waals surface area (Å²) in [6, 6.07) is 15.3. The van der Waals surface area contributed by atoms with Crippen molar-refractivity contribution in [1.29, 1.82) is 0 Å². The standard InChI is InChI=1S/C25H21F2NO6S/c1-35-22-11-21(27)20(26)10-19(22)16-5-7-18(8-6-16)34-14-15-3-2-4-17(9-15)25(33)28(12-23(29)30)13-24(31)32/h2-11H,12-14H2,1H3,(H,29,30)(H,31,32). The highest BCUT2D eigenvalue weighted by Gasteiger charge is 2.21. The minimum atomic E-state index is -1.32. The second kappa shape index (κ2) is 11.5. The molecule has 3 aromatic carbocycles. The Morgan fingerprint density at radius 1 is 0.914 bits per heavy atom. The number of hydrogen-bond acceptors (Lipinski definition) is 5. The fourth-order valence-corrected chi connectivity index (χ4v) is 3.94. The lowest BCUT2D eigenvalue weighted by molar-refractivity contribution is -0.140. The Morgan fingerprint density at radius 3 is 2.14 bits per heavy atom. The Morgan fingerprint density at radius 2 is 1.54 bits per heavy atom. The first kappa shape index (κ1) is 25.7. The zero-order valence-corrected chi connectivity index (χ0v) is 19.4. The Bertz CT molecular complexity index is 1230. The molecule has 0 saturated heterocycles. The maximum atomic E-state index is 13.7. The van der Waals surface area contributed by atoms with Crippen LogP contribution in [-0.4, -0.2) is 52.3 Å². The highest BCUT2D eigenvalue weighted by Crippen LogP contribution is 2.33. The second-order valence-corrected chi connectivity index (χ2v) is 8.28. The van der Waals surface area contributed by atoms with Gasteiger partial charge in [-0.2, -0.15) is 0 Å². The van der Waals surface area contributed by atoms with E-state index in [0.29, 0.717) is 27.3 Å². The van der Waals surface area contributed by atoms with Crippen LogP contribution in [0.5, 0.6) is 5.75 Å². The first-order chi connectivity index (χ1) is 16.7. The number of ether oxygens (including phenoxy) is 1. The molecule has 182 valence electrons. The van der Waals surface area contributed by atoms with Gasteiger partial charge in [0.15, 0.2) is 11.6 Å². The molecule has 0 heterocycles. The molecular formula is C25H21F2NO6S. The van der Waals surface area contributed by atoms with Crippen molar-refractivity contribution in [2.75, 3.05) is 19.3 Å². The molecule has 35 heavy (non-hydrogen) atoms. The molecule has 7 nitrogen and oxygen atoms in total. The Hall–Kier alpha value is -3.92. The second-order valence-electron chi connectivity index (χ2n) is 7.43. The fraction of sp³-hybridized carbons (Fsp3) is 0.160. The summed E-state index contributed by atoms with van der Waals surface area (Å²) in [7, 11) is 0. The maximum Gasteiger partial charge on any atom is 0.323 e. The van der Waals surface area contributed by atoms with Gasteiger partial charge in [0.1, 0.15) is 25.4 Å². The summed E-state index contributed by atoms with van der Waals surface area (Å²) in [5.41, 5.74) is 1.98. The number of carbonyl (C=O) groups excluding carboxylic acids is 1. The lowest BCUT2D eigenvalue weighted by Crippen LogP contribution is -2.39. The number of halogens is 2. The third kappa shape index (κ3) is 6.80. The molecule has 10 heteroatoms. The van der Waals surface area contributed by atoms with Crippen molar-refractivity contribution >= 4 is 29.6 Å². The third-order valence-corrected chi connectivity index (χ3v) is 5.70. The summed E-state index contributed by atoms with van der Waals surface area (Å²) in [5.74, 6) is -4.72. The van der Waals surface area contributed by atoms with Gasteiger partial charge in [-0.3, -0.25) is 14.4 Å². The number of amides is 1. The van der Waals surface area contributed by atoms with Gasteiger partial charge in [0.05, 0.1) is 0 Å². The first-order valence-corrected chi connectivity index (χ1v) is 11.5. The number of benzene rings is 3. The molecule has 0 saturated carbocycles. The normalized spacial score (nSPS) is 10.6. The molecule has 0 spiro atoms. The van der Waals surface area contributed by atoms with Crippen LogP contribution in [0.2, 0.25) is 0 Å². The predicted molar refractivity (Wildman–Crippen MR) is 126 cm³/mol. The van der Waals surface area contributed by atoms with E-state index in [1.807, 2.05) is 0 Å². The summed E-state index contributed by atoms with van der Waals surface area (Å²) >= 11 is 1.30. The molecule has 1 amide bonds. The van der Waals surface area contributed by atoms with E-state index < -0.39 is 42.6 Å². The van der Waals surface area contributed by atoms with Crippen LogP contribution in [0.4, 0.5) is 8.78 Å². The molecule has 0 aliphatic carbocycles. The van der Waals surface area contributed by atoms with Crippen molar-refractivity contribution in [3.8, 4) is 16.9 Å².